The highest BCUT2D eigenvalue weighted by Crippen LogP contribution is 2.45. The standard InChI is InChI=1S/C13H17N5O6S/c1-3-7-4-9(15-23-7)12-11-8(5-14-16(11)2)10-6-17(12)13(19)18(10)24-25(20,21)22/h5,7,10,12H,3-4,6H2,1-2H3,(H,20,21,22)/t7?,10-,12+/m0/s1. The van der Waals surface area contributed by atoms with Gasteiger partial charge in [-0.05, 0) is 6.42 Å². The average Bonchev–Trinajstić information content (AvgIpc) is 3.22. The monoisotopic (exact) mass is 371 g/mol. The minimum atomic E-state index is -4.83. The molecule has 1 aromatic rings. The highest BCUT2D eigenvalue weighted by molar-refractivity contribution is 7.80. The Morgan fingerprint density at radius 1 is 1.48 bits per heavy atom. The van der Waals surface area contributed by atoms with E-state index in [0.717, 1.165) is 12.1 Å². The molecule has 2 bridgehead atoms. The maximum atomic E-state index is 12.7. The molecule has 1 N–H and O–H groups in total. The van der Waals surface area contributed by atoms with Crippen LogP contribution in [0.5, 0.6) is 0 Å². The second-order valence-electron chi connectivity index (χ2n) is 6.21. The predicted molar refractivity (Wildman–Crippen MR) is 82.5 cm³/mol. The van der Waals surface area contributed by atoms with Crippen molar-refractivity contribution in [3.05, 3.63) is 17.5 Å². The quantitative estimate of drug-likeness (QED) is 0.765. The lowest BCUT2D eigenvalue weighted by molar-refractivity contribution is -0.0316. The fourth-order valence-corrected chi connectivity index (χ4v) is 3.97. The second kappa shape index (κ2) is 5.41. The Kier molecular flexibility index (Phi) is 3.53. The molecule has 3 aliphatic heterocycles. The fourth-order valence-electron chi connectivity index (χ4n) is 3.60. The molecule has 0 saturated carbocycles. The molecule has 1 saturated heterocycles. The van der Waals surface area contributed by atoms with Crippen LogP contribution in [0, 0.1) is 0 Å². The Hall–Kier alpha value is -2.18. The Labute approximate surface area is 143 Å². The van der Waals surface area contributed by atoms with Gasteiger partial charge in [0.05, 0.1) is 24.1 Å². The van der Waals surface area contributed by atoms with Crippen molar-refractivity contribution in [3.8, 4) is 0 Å². The van der Waals surface area contributed by atoms with Crippen molar-refractivity contribution < 1.29 is 26.9 Å². The third kappa shape index (κ3) is 2.48. The van der Waals surface area contributed by atoms with E-state index in [1.807, 2.05) is 6.92 Å². The number of rotatable bonds is 4. The van der Waals surface area contributed by atoms with Crippen molar-refractivity contribution in [2.45, 2.75) is 38.0 Å². The Morgan fingerprint density at radius 3 is 2.88 bits per heavy atom. The van der Waals surface area contributed by atoms with Gasteiger partial charge in [-0.1, -0.05) is 12.1 Å². The van der Waals surface area contributed by atoms with Crippen LogP contribution in [-0.4, -0.2) is 57.1 Å². The summed E-state index contributed by atoms with van der Waals surface area (Å²) in [5.74, 6) is 0. The number of fused-ring (bicyclic) bond motifs is 4. The van der Waals surface area contributed by atoms with Gasteiger partial charge in [-0.25, -0.2) is 4.79 Å². The smallest absolute Gasteiger partial charge is 0.392 e. The first-order chi connectivity index (χ1) is 11.8. The van der Waals surface area contributed by atoms with Gasteiger partial charge in [0, 0.05) is 19.0 Å². The first-order valence-corrected chi connectivity index (χ1v) is 9.18. The number of hydrogen-bond donors (Lipinski definition) is 1. The summed E-state index contributed by atoms with van der Waals surface area (Å²) in [7, 11) is -3.09. The van der Waals surface area contributed by atoms with Crippen molar-refractivity contribution in [2.75, 3.05) is 6.54 Å². The van der Waals surface area contributed by atoms with Crippen LogP contribution in [0.2, 0.25) is 0 Å². The average molecular weight is 371 g/mol. The van der Waals surface area contributed by atoms with Crippen LogP contribution in [-0.2, 0) is 26.6 Å². The van der Waals surface area contributed by atoms with Crippen LogP contribution in [0.1, 0.15) is 43.1 Å². The van der Waals surface area contributed by atoms with Gasteiger partial charge in [-0.2, -0.15) is 18.6 Å². The fraction of sp³-hybridized carbons (Fsp3) is 0.615. The normalized spacial score (nSPS) is 28.2. The molecule has 0 radical (unpaired) electrons. The number of hydroxylamine groups is 2. The molecule has 3 atom stereocenters. The number of carbonyl (C=O) groups is 1. The first kappa shape index (κ1) is 16.3. The van der Waals surface area contributed by atoms with Gasteiger partial charge in [0.25, 0.3) is 0 Å². The summed E-state index contributed by atoms with van der Waals surface area (Å²) >= 11 is 0. The van der Waals surface area contributed by atoms with Gasteiger partial charge in [-0.15, -0.1) is 4.28 Å². The minimum absolute atomic E-state index is 0.0488. The Morgan fingerprint density at radius 2 is 2.24 bits per heavy atom. The summed E-state index contributed by atoms with van der Waals surface area (Å²) in [6, 6.07) is -1.86. The van der Waals surface area contributed by atoms with Crippen molar-refractivity contribution in [1.82, 2.24) is 19.7 Å². The molecule has 0 spiro atoms. The van der Waals surface area contributed by atoms with Crippen molar-refractivity contribution in [1.29, 1.82) is 0 Å². The van der Waals surface area contributed by atoms with Gasteiger partial charge in [0.1, 0.15) is 18.2 Å². The number of amides is 2. The van der Waals surface area contributed by atoms with E-state index in [-0.39, 0.29) is 12.6 Å². The summed E-state index contributed by atoms with van der Waals surface area (Å²) in [5, 5.41) is 9.03. The molecule has 136 valence electrons. The minimum Gasteiger partial charge on any atom is -0.392 e. The van der Waals surface area contributed by atoms with E-state index in [1.54, 1.807) is 17.9 Å². The zero-order chi connectivity index (χ0) is 17.9. The molecule has 2 amide bonds. The van der Waals surface area contributed by atoms with Crippen LogP contribution in [0.3, 0.4) is 0 Å². The van der Waals surface area contributed by atoms with Crippen LogP contribution < -0.4 is 0 Å². The van der Waals surface area contributed by atoms with E-state index in [4.69, 9.17) is 9.39 Å². The largest absolute Gasteiger partial charge is 0.418 e. The van der Waals surface area contributed by atoms with E-state index >= 15 is 0 Å². The van der Waals surface area contributed by atoms with E-state index in [0.29, 0.717) is 22.8 Å². The summed E-state index contributed by atoms with van der Waals surface area (Å²) in [4.78, 5) is 19.5. The third-order valence-corrected chi connectivity index (χ3v) is 5.08. The molecule has 4 rings (SSSR count). The zero-order valence-electron chi connectivity index (χ0n) is 13.6. The van der Waals surface area contributed by atoms with Gasteiger partial charge in [0.15, 0.2) is 0 Å². The van der Waals surface area contributed by atoms with Gasteiger partial charge >= 0.3 is 16.4 Å². The van der Waals surface area contributed by atoms with Crippen LogP contribution >= 0.6 is 0 Å². The van der Waals surface area contributed by atoms with E-state index in [9.17, 15) is 13.2 Å². The van der Waals surface area contributed by atoms with Gasteiger partial charge < -0.3 is 9.74 Å². The van der Waals surface area contributed by atoms with Crippen molar-refractivity contribution in [3.63, 3.8) is 0 Å². The molecule has 1 aromatic heterocycles. The maximum absolute atomic E-state index is 12.7. The molecule has 0 aromatic carbocycles. The lowest BCUT2D eigenvalue weighted by atomic mass is 9.92. The number of hydrogen-bond acceptors (Lipinski definition) is 7. The van der Waals surface area contributed by atoms with Crippen LogP contribution in [0.4, 0.5) is 4.79 Å². The summed E-state index contributed by atoms with van der Waals surface area (Å²) in [6.45, 7) is 2.19. The third-order valence-electron chi connectivity index (χ3n) is 4.73. The highest BCUT2D eigenvalue weighted by atomic mass is 32.3. The number of aromatic nitrogens is 2. The molecule has 1 unspecified atom stereocenters. The van der Waals surface area contributed by atoms with E-state index in [2.05, 4.69) is 14.5 Å². The Bertz CT molecular complexity index is 864. The molecule has 3 aliphatic rings. The lowest BCUT2D eigenvalue weighted by Crippen LogP contribution is -2.39. The summed E-state index contributed by atoms with van der Waals surface area (Å²) in [6.07, 6.45) is 2.87. The molecular formula is C13H17N5O6S. The zero-order valence-corrected chi connectivity index (χ0v) is 14.4. The molecule has 0 aliphatic carbocycles. The highest BCUT2D eigenvalue weighted by Gasteiger charge is 2.53. The first-order valence-electron chi connectivity index (χ1n) is 7.81. The maximum Gasteiger partial charge on any atom is 0.418 e. The predicted octanol–water partition coefficient (Wildman–Crippen LogP) is 0.543. The molecule has 25 heavy (non-hydrogen) atoms. The summed E-state index contributed by atoms with van der Waals surface area (Å²) < 4.78 is 37.4. The SMILES string of the molecule is CCC1CC([C@@H]2c3c(cnn3C)[C@@H]3CN2C(=O)N3OS(=O)(=O)O)=NO1. The number of oxime groups is 1. The number of nitrogens with zero attached hydrogens (tertiary/aromatic N) is 5. The van der Waals surface area contributed by atoms with Gasteiger partial charge in [0.2, 0.25) is 0 Å². The number of urea groups is 1. The van der Waals surface area contributed by atoms with Crippen LogP contribution in [0.25, 0.3) is 0 Å². The second-order valence-corrected chi connectivity index (χ2v) is 7.22. The molecule has 11 nitrogen and oxygen atoms in total. The van der Waals surface area contributed by atoms with Crippen LogP contribution in [0.15, 0.2) is 11.4 Å². The lowest BCUT2D eigenvalue weighted by Gasteiger charge is -2.30. The molecule has 12 heteroatoms. The van der Waals surface area contributed by atoms with Gasteiger partial charge in [-0.3, -0.25) is 9.23 Å². The Balaban J connectivity index is 1.76. The number of aryl methyl sites for hydroxylation is 1. The van der Waals surface area contributed by atoms with Crippen molar-refractivity contribution >= 4 is 22.1 Å². The number of carbonyl (C=O) groups excluding carboxylic acids is 1. The van der Waals surface area contributed by atoms with Crippen molar-refractivity contribution in [2.24, 2.45) is 12.2 Å². The topological polar surface area (TPSA) is 127 Å². The molecular weight excluding hydrogens is 354 g/mol. The van der Waals surface area contributed by atoms with E-state index in [1.165, 1.54) is 4.90 Å². The molecule has 1 fully saturated rings. The van der Waals surface area contributed by atoms with E-state index < -0.39 is 28.5 Å². The molecule has 4 heterocycles. The summed E-state index contributed by atoms with van der Waals surface area (Å²) in [5.41, 5.74) is 2.06.